The summed E-state index contributed by atoms with van der Waals surface area (Å²) in [7, 11) is 0. The minimum Gasteiger partial charge on any atom is -0.443 e. The van der Waals surface area contributed by atoms with Crippen LogP contribution in [0.1, 0.15) is 85.0 Å². The van der Waals surface area contributed by atoms with Crippen LogP contribution in [0.3, 0.4) is 0 Å². The van der Waals surface area contributed by atoms with E-state index in [1.165, 1.54) is 19.3 Å². The van der Waals surface area contributed by atoms with E-state index in [1.54, 1.807) is 0 Å². The molecule has 148 valence electrons. The molecule has 5 nitrogen and oxygen atoms in total. The molecular weight excluding hydrogens is 330 g/mol. The highest BCUT2D eigenvalue weighted by Gasteiger charge is 2.41. The molecule has 2 aliphatic heterocycles. The van der Waals surface area contributed by atoms with Gasteiger partial charge in [-0.2, -0.15) is 0 Å². The number of likely N-dealkylation sites (tertiary alicyclic amines) is 1. The van der Waals surface area contributed by atoms with Gasteiger partial charge in [0.05, 0.1) is 12.7 Å². The summed E-state index contributed by atoms with van der Waals surface area (Å²) < 4.78 is 17.8. The van der Waals surface area contributed by atoms with E-state index >= 15 is 0 Å². The van der Waals surface area contributed by atoms with Gasteiger partial charge in [-0.05, 0) is 65.7 Å². The number of ether oxygens (including phenoxy) is 3. The van der Waals surface area contributed by atoms with Crippen molar-refractivity contribution in [1.29, 1.82) is 0 Å². The van der Waals surface area contributed by atoms with Gasteiger partial charge < -0.3 is 14.2 Å². The van der Waals surface area contributed by atoms with Gasteiger partial charge in [0.15, 0.2) is 5.79 Å². The van der Waals surface area contributed by atoms with Gasteiger partial charge in [0, 0.05) is 25.1 Å². The Morgan fingerprint density at radius 2 is 2.00 bits per heavy atom. The van der Waals surface area contributed by atoms with E-state index in [4.69, 9.17) is 14.2 Å². The summed E-state index contributed by atoms with van der Waals surface area (Å²) >= 11 is 0. The zero-order valence-electron chi connectivity index (χ0n) is 16.7. The number of amides is 1. The lowest BCUT2D eigenvalue weighted by atomic mass is 9.94. The van der Waals surface area contributed by atoms with Crippen molar-refractivity contribution in [2.24, 2.45) is 0 Å². The normalized spacial score (nSPS) is 27.9. The Labute approximate surface area is 158 Å². The van der Waals surface area contributed by atoms with Crippen LogP contribution in [0, 0.1) is 0 Å². The molecule has 3 rings (SSSR count). The van der Waals surface area contributed by atoms with Gasteiger partial charge in [-0.15, -0.1) is 0 Å². The third-order valence-electron chi connectivity index (χ3n) is 5.42. The lowest BCUT2D eigenvalue weighted by Crippen LogP contribution is -2.38. The van der Waals surface area contributed by atoms with Crippen molar-refractivity contribution in [1.82, 2.24) is 4.90 Å². The van der Waals surface area contributed by atoms with Gasteiger partial charge >= 0.3 is 6.09 Å². The van der Waals surface area contributed by atoms with E-state index in [1.807, 2.05) is 25.7 Å². The number of nitrogens with zero attached hydrogens (tertiary/aromatic N) is 1. The van der Waals surface area contributed by atoms with Crippen LogP contribution in [0.4, 0.5) is 4.79 Å². The Bertz CT molecular complexity index is 517. The van der Waals surface area contributed by atoms with E-state index in [2.05, 4.69) is 6.08 Å². The Kier molecular flexibility index (Phi) is 6.29. The highest BCUT2D eigenvalue weighted by molar-refractivity contribution is 5.70. The molecule has 1 saturated carbocycles. The van der Waals surface area contributed by atoms with Gasteiger partial charge in [0.1, 0.15) is 5.60 Å². The highest BCUT2D eigenvalue weighted by Crippen LogP contribution is 2.38. The van der Waals surface area contributed by atoms with Crippen molar-refractivity contribution in [2.45, 2.75) is 102 Å². The Hall–Kier alpha value is -1.07. The highest BCUT2D eigenvalue weighted by atomic mass is 16.7. The molecule has 0 bridgehead atoms. The SMILES string of the molecule is CC(C)(C)OC(=O)N1CCCCC1=CCC[C@H]1COC2(CCCCC2)O1. The molecule has 1 spiro atoms. The summed E-state index contributed by atoms with van der Waals surface area (Å²) in [6.07, 6.45) is 13.0. The number of piperidine rings is 1. The molecule has 0 aromatic heterocycles. The smallest absolute Gasteiger partial charge is 0.414 e. The molecule has 0 unspecified atom stereocenters. The van der Waals surface area contributed by atoms with E-state index in [-0.39, 0.29) is 18.0 Å². The lowest BCUT2D eigenvalue weighted by Gasteiger charge is -2.32. The van der Waals surface area contributed by atoms with E-state index in [9.17, 15) is 4.79 Å². The van der Waals surface area contributed by atoms with Gasteiger partial charge in [-0.1, -0.05) is 12.5 Å². The minimum absolute atomic E-state index is 0.184. The molecule has 26 heavy (non-hydrogen) atoms. The Morgan fingerprint density at radius 1 is 1.23 bits per heavy atom. The predicted molar refractivity (Wildman–Crippen MR) is 101 cm³/mol. The predicted octanol–water partition coefficient (Wildman–Crippen LogP) is 5.15. The first-order chi connectivity index (χ1) is 12.4. The zero-order valence-corrected chi connectivity index (χ0v) is 16.7. The molecule has 2 heterocycles. The average Bonchev–Trinajstić information content (AvgIpc) is 2.97. The number of rotatable bonds is 3. The summed E-state index contributed by atoms with van der Waals surface area (Å²) in [5.74, 6) is -0.288. The molecule has 0 radical (unpaired) electrons. The van der Waals surface area contributed by atoms with Crippen molar-refractivity contribution in [3.05, 3.63) is 11.8 Å². The van der Waals surface area contributed by atoms with Crippen LogP contribution in [0.2, 0.25) is 0 Å². The third-order valence-corrected chi connectivity index (χ3v) is 5.42. The van der Waals surface area contributed by atoms with E-state index in [0.717, 1.165) is 57.2 Å². The summed E-state index contributed by atoms with van der Waals surface area (Å²) in [6.45, 7) is 7.20. The van der Waals surface area contributed by atoms with E-state index < -0.39 is 5.60 Å². The zero-order chi connectivity index (χ0) is 18.6. The minimum atomic E-state index is -0.455. The molecule has 3 aliphatic rings. The summed E-state index contributed by atoms with van der Waals surface area (Å²) in [6, 6.07) is 0. The molecule has 1 atom stereocenters. The Morgan fingerprint density at radius 3 is 2.73 bits per heavy atom. The third kappa shape index (κ3) is 5.23. The van der Waals surface area contributed by atoms with Gasteiger partial charge in [0.25, 0.3) is 0 Å². The Balaban J connectivity index is 1.51. The maximum absolute atomic E-state index is 12.5. The second kappa shape index (κ2) is 8.30. The molecule has 0 N–H and O–H groups in total. The fourth-order valence-electron chi connectivity index (χ4n) is 4.14. The van der Waals surface area contributed by atoms with Crippen molar-refractivity contribution >= 4 is 6.09 Å². The van der Waals surface area contributed by atoms with Crippen LogP contribution in [0.15, 0.2) is 11.8 Å². The molecule has 0 aromatic rings. The monoisotopic (exact) mass is 365 g/mol. The summed E-state index contributed by atoms with van der Waals surface area (Å²) in [5, 5.41) is 0. The van der Waals surface area contributed by atoms with Crippen LogP contribution in [0.5, 0.6) is 0 Å². The first-order valence-electron chi connectivity index (χ1n) is 10.4. The first kappa shape index (κ1) is 19.7. The topological polar surface area (TPSA) is 48.0 Å². The van der Waals surface area contributed by atoms with Gasteiger partial charge in [-0.25, -0.2) is 4.79 Å². The fraction of sp³-hybridized carbons (Fsp3) is 0.857. The second-order valence-electron chi connectivity index (χ2n) is 8.88. The molecular formula is C21H35NO4. The first-order valence-corrected chi connectivity index (χ1v) is 10.4. The van der Waals surface area contributed by atoms with Gasteiger partial charge in [-0.3, -0.25) is 4.90 Å². The number of allylic oxidation sites excluding steroid dienone is 2. The second-order valence-corrected chi connectivity index (χ2v) is 8.88. The summed E-state index contributed by atoms with van der Waals surface area (Å²) in [4.78, 5) is 14.3. The molecule has 3 fully saturated rings. The summed E-state index contributed by atoms with van der Waals surface area (Å²) in [5.41, 5.74) is 0.653. The number of hydrogen-bond donors (Lipinski definition) is 0. The number of carbonyl (C=O) groups is 1. The molecule has 1 aliphatic carbocycles. The van der Waals surface area contributed by atoms with Gasteiger partial charge in [0.2, 0.25) is 0 Å². The van der Waals surface area contributed by atoms with Crippen molar-refractivity contribution in [3.8, 4) is 0 Å². The maximum atomic E-state index is 12.5. The average molecular weight is 366 g/mol. The van der Waals surface area contributed by atoms with Crippen LogP contribution in [0.25, 0.3) is 0 Å². The molecule has 1 amide bonds. The number of carbonyl (C=O) groups excluding carboxylic acids is 1. The maximum Gasteiger partial charge on any atom is 0.414 e. The standard InChI is InChI=1S/C21H35NO4/c1-20(2,3)26-19(23)22-15-8-5-10-17(22)11-9-12-18-16-24-21(25-18)13-6-4-7-14-21/h11,18H,4-10,12-16H2,1-3H3/t18-/m0/s1. The number of hydrogen-bond acceptors (Lipinski definition) is 4. The molecule has 2 saturated heterocycles. The van der Waals surface area contributed by atoms with E-state index in [0.29, 0.717) is 6.61 Å². The van der Waals surface area contributed by atoms with Crippen molar-refractivity contribution in [3.63, 3.8) is 0 Å². The fourth-order valence-corrected chi connectivity index (χ4v) is 4.14. The van der Waals surface area contributed by atoms with Crippen LogP contribution >= 0.6 is 0 Å². The van der Waals surface area contributed by atoms with Crippen LogP contribution < -0.4 is 0 Å². The lowest BCUT2D eigenvalue weighted by molar-refractivity contribution is -0.187. The van der Waals surface area contributed by atoms with Crippen molar-refractivity contribution < 1.29 is 19.0 Å². The quantitative estimate of drug-likeness (QED) is 0.694. The molecule has 5 heteroatoms. The van der Waals surface area contributed by atoms with Crippen molar-refractivity contribution in [2.75, 3.05) is 13.2 Å². The van der Waals surface area contributed by atoms with Crippen LogP contribution in [-0.2, 0) is 14.2 Å². The van der Waals surface area contributed by atoms with Crippen LogP contribution in [-0.4, -0.2) is 41.6 Å². The largest absolute Gasteiger partial charge is 0.443 e. The molecule has 0 aromatic carbocycles.